The molecule has 0 bridgehead atoms. The van der Waals surface area contributed by atoms with Crippen molar-refractivity contribution in [2.24, 2.45) is 0 Å². The van der Waals surface area contributed by atoms with Crippen LogP contribution in [0, 0.1) is 24.0 Å². The number of rotatable bonds is 5. The quantitative estimate of drug-likeness (QED) is 0.590. The predicted octanol–water partition coefficient (Wildman–Crippen LogP) is 4.37. The first-order valence-electron chi connectivity index (χ1n) is 6.59. The first-order valence-corrected chi connectivity index (χ1v) is 7.39. The normalized spacial score (nSPS) is 10.7. The molecule has 0 aliphatic rings. The second-order valence-electron chi connectivity index (χ2n) is 4.76. The molecule has 21 heavy (non-hydrogen) atoms. The van der Waals surface area contributed by atoms with Crippen molar-refractivity contribution >= 4 is 21.6 Å². The van der Waals surface area contributed by atoms with Gasteiger partial charge in [0.15, 0.2) is 0 Å². The largest absolute Gasteiger partial charge is 0.433 e. The van der Waals surface area contributed by atoms with E-state index in [-0.39, 0.29) is 11.6 Å². The Bertz CT molecular complexity index is 682. The van der Waals surface area contributed by atoms with Crippen LogP contribution in [0.15, 0.2) is 22.7 Å². The lowest BCUT2D eigenvalue weighted by atomic mass is 10.2. The smallest absolute Gasteiger partial charge is 0.353 e. The van der Waals surface area contributed by atoms with Crippen LogP contribution in [0.4, 0.5) is 5.69 Å². The van der Waals surface area contributed by atoms with Gasteiger partial charge in [0, 0.05) is 6.54 Å². The summed E-state index contributed by atoms with van der Waals surface area (Å²) >= 11 is 3.41. The van der Waals surface area contributed by atoms with E-state index in [0.717, 1.165) is 16.5 Å². The lowest BCUT2D eigenvalue weighted by molar-refractivity contribution is -0.386. The van der Waals surface area contributed by atoms with Gasteiger partial charge < -0.3 is 4.74 Å². The number of benzene rings is 1. The zero-order valence-corrected chi connectivity index (χ0v) is 13.7. The van der Waals surface area contributed by atoms with Gasteiger partial charge >= 0.3 is 5.69 Å². The van der Waals surface area contributed by atoms with Crippen LogP contribution >= 0.6 is 15.9 Å². The molecule has 0 amide bonds. The highest BCUT2D eigenvalue weighted by atomic mass is 79.9. The van der Waals surface area contributed by atoms with E-state index in [1.165, 1.54) is 0 Å². The van der Waals surface area contributed by atoms with E-state index in [1.807, 2.05) is 26.0 Å². The number of halogens is 1. The maximum absolute atomic E-state index is 11.2. The molecular formula is C14H16BrN3O3. The van der Waals surface area contributed by atoms with Crippen LogP contribution in [0.25, 0.3) is 0 Å². The molecule has 0 atom stereocenters. The lowest BCUT2D eigenvalue weighted by Gasteiger charge is -2.09. The van der Waals surface area contributed by atoms with Gasteiger partial charge in [-0.15, -0.1) is 0 Å². The molecule has 2 rings (SSSR count). The summed E-state index contributed by atoms with van der Waals surface area (Å²) in [6, 6.07) is 5.57. The zero-order chi connectivity index (χ0) is 15.6. The summed E-state index contributed by atoms with van der Waals surface area (Å²) in [4.78, 5) is 10.8. The summed E-state index contributed by atoms with van der Waals surface area (Å²) in [5.41, 5.74) is 1.34. The SMILES string of the molecule is CCCn1nc(C)c([N+](=O)[O-])c1Oc1ccc(C)cc1Br. The van der Waals surface area contributed by atoms with Crippen LogP contribution in [0.1, 0.15) is 24.6 Å². The van der Waals surface area contributed by atoms with Gasteiger partial charge in [-0.05, 0) is 53.9 Å². The van der Waals surface area contributed by atoms with Gasteiger partial charge in [0.05, 0.1) is 9.40 Å². The van der Waals surface area contributed by atoms with Crippen molar-refractivity contribution in [3.05, 3.63) is 44.0 Å². The molecule has 0 spiro atoms. The number of ether oxygens (including phenoxy) is 1. The summed E-state index contributed by atoms with van der Waals surface area (Å²) < 4.78 is 8.06. The van der Waals surface area contributed by atoms with Crippen LogP contribution in [0.2, 0.25) is 0 Å². The summed E-state index contributed by atoms with van der Waals surface area (Å²) in [5, 5.41) is 15.4. The summed E-state index contributed by atoms with van der Waals surface area (Å²) in [5.74, 6) is 0.699. The second-order valence-corrected chi connectivity index (χ2v) is 5.61. The molecule has 1 aromatic carbocycles. The summed E-state index contributed by atoms with van der Waals surface area (Å²) in [6.45, 7) is 6.12. The number of hydrogen-bond acceptors (Lipinski definition) is 4. The van der Waals surface area contributed by atoms with Crippen molar-refractivity contribution in [3.63, 3.8) is 0 Å². The van der Waals surface area contributed by atoms with Gasteiger partial charge in [0.1, 0.15) is 11.4 Å². The molecular weight excluding hydrogens is 338 g/mol. The van der Waals surface area contributed by atoms with Crippen LogP contribution in [-0.4, -0.2) is 14.7 Å². The van der Waals surface area contributed by atoms with Crippen molar-refractivity contribution < 1.29 is 9.66 Å². The fourth-order valence-electron chi connectivity index (χ4n) is 2.02. The highest BCUT2D eigenvalue weighted by molar-refractivity contribution is 9.10. The molecule has 7 heteroatoms. The molecule has 0 unspecified atom stereocenters. The Hall–Kier alpha value is -1.89. The molecule has 0 saturated heterocycles. The van der Waals surface area contributed by atoms with Crippen molar-refractivity contribution in [3.8, 4) is 11.6 Å². The topological polar surface area (TPSA) is 70.2 Å². The van der Waals surface area contributed by atoms with Gasteiger partial charge in [-0.3, -0.25) is 10.1 Å². The highest BCUT2D eigenvalue weighted by Gasteiger charge is 2.27. The van der Waals surface area contributed by atoms with Gasteiger partial charge in [-0.25, -0.2) is 4.68 Å². The van der Waals surface area contributed by atoms with E-state index in [4.69, 9.17) is 4.74 Å². The fraction of sp³-hybridized carbons (Fsp3) is 0.357. The van der Waals surface area contributed by atoms with Crippen molar-refractivity contribution in [2.45, 2.75) is 33.7 Å². The third-order valence-corrected chi connectivity index (χ3v) is 3.58. The van der Waals surface area contributed by atoms with Crippen molar-refractivity contribution in [1.82, 2.24) is 9.78 Å². The first-order chi connectivity index (χ1) is 9.93. The second kappa shape index (κ2) is 6.26. The minimum atomic E-state index is -0.452. The van der Waals surface area contributed by atoms with Crippen LogP contribution in [0.3, 0.4) is 0 Å². The predicted molar refractivity (Wildman–Crippen MR) is 82.9 cm³/mol. The molecule has 112 valence electrons. The monoisotopic (exact) mass is 353 g/mol. The van der Waals surface area contributed by atoms with Crippen LogP contribution in [-0.2, 0) is 6.54 Å². The van der Waals surface area contributed by atoms with E-state index in [2.05, 4.69) is 21.0 Å². The highest BCUT2D eigenvalue weighted by Crippen LogP contribution is 2.37. The van der Waals surface area contributed by atoms with Gasteiger partial charge in [-0.1, -0.05) is 13.0 Å². The lowest BCUT2D eigenvalue weighted by Crippen LogP contribution is -2.03. The van der Waals surface area contributed by atoms with E-state index in [9.17, 15) is 10.1 Å². The van der Waals surface area contributed by atoms with Gasteiger partial charge in [0.2, 0.25) is 0 Å². The third-order valence-electron chi connectivity index (χ3n) is 2.96. The van der Waals surface area contributed by atoms with E-state index in [1.54, 1.807) is 17.7 Å². The Balaban J connectivity index is 2.48. The van der Waals surface area contributed by atoms with Gasteiger partial charge in [-0.2, -0.15) is 5.10 Å². The van der Waals surface area contributed by atoms with Crippen LogP contribution in [0.5, 0.6) is 11.6 Å². The molecule has 1 heterocycles. The third kappa shape index (κ3) is 3.24. The van der Waals surface area contributed by atoms with E-state index in [0.29, 0.717) is 18.0 Å². The molecule has 0 saturated carbocycles. The summed E-state index contributed by atoms with van der Waals surface area (Å²) in [6.07, 6.45) is 0.809. The number of nitro groups is 1. The molecule has 2 aromatic rings. The Morgan fingerprint density at radius 1 is 1.43 bits per heavy atom. The molecule has 0 aliphatic heterocycles. The molecule has 0 radical (unpaired) electrons. The first kappa shape index (κ1) is 15.5. The maximum Gasteiger partial charge on any atom is 0.353 e. The van der Waals surface area contributed by atoms with Crippen molar-refractivity contribution in [1.29, 1.82) is 0 Å². The minimum Gasteiger partial charge on any atom is -0.433 e. The average molecular weight is 354 g/mol. The molecule has 1 aromatic heterocycles. The average Bonchev–Trinajstić information content (AvgIpc) is 2.69. The van der Waals surface area contributed by atoms with E-state index >= 15 is 0 Å². The molecule has 0 fully saturated rings. The van der Waals surface area contributed by atoms with E-state index < -0.39 is 4.92 Å². The Kier molecular flexibility index (Phi) is 4.62. The maximum atomic E-state index is 11.2. The zero-order valence-electron chi connectivity index (χ0n) is 12.1. The molecule has 6 nitrogen and oxygen atoms in total. The number of hydrogen-bond donors (Lipinski definition) is 0. The Labute approximate surface area is 131 Å². The van der Waals surface area contributed by atoms with Crippen LogP contribution < -0.4 is 4.74 Å². The standard InChI is InChI=1S/C14H16BrN3O3/c1-4-7-17-14(13(18(19)20)10(3)16-17)21-12-6-5-9(2)8-11(12)15/h5-6,8H,4,7H2,1-3H3. The fourth-order valence-corrected chi connectivity index (χ4v) is 2.59. The Morgan fingerprint density at radius 2 is 2.14 bits per heavy atom. The number of nitrogens with zero attached hydrogens (tertiary/aromatic N) is 3. The molecule has 0 aliphatic carbocycles. The number of aromatic nitrogens is 2. The molecule has 0 N–H and O–H groups in total. The van der Waals surface area contributed by atoms with Gasteiger partial charge in [0.25, 0.3) is 5.88 Å². The minimum absolute atomic E-state index is 0.0871. The summed E-state index contributed by atoms with van der Waals surface area (Å²) in [7, 11) is 0. The number of aryl methyl sites for hydroxylation is 3. The Morgan fingerprint density at radius 3 is 2.71 bits per heavy atom. The van der Waals surface area contributed by atoms with Crippen molar-refractivity contribution in [2.75, 3.05) is 0 Å².